The van der Waals surface area contributed by atoms with E-state index in [1.165, 1.54) is 10.4 Å². The lowest BCUT2D eigenvalue weighted by atomic mass is 9.85. The van der Waals surface area contributed by atoms with Gasteiger partial charge in [0.2, 0.25) is 15.9 Å². The van der Waals surface area contributed by atoms with Gasteiger partial charge in [0.15, 0.2) is 0 Å². The normalized spacial score (nSPS) is 21.1. The summed E-state index contributed by atoms with van der Waals surface area (Å²) in [4.78, 5) is 18.7. The molecule has 0 saturated carbocycles. The predicted molar refractivity (Wildman–Crippen MR) is 132 cm³/mol. The molecule has 4 rings (SSSR count). The van der Waals surface area contributed by atoms with Crippen molar-refractivity contribution in [2.75, 3.05) is 32.8 Å². The highest BCUT2D eigenvalue weighted by Gasteiger charge is 2.36. The number of benzene rings is 1. The number of hydrogen-bond donors (Lipinski definition) is 1. The van der Waals surface area contributed by atoms with E-state index >= 15 is 0 Å². The van der Waals surface area contributed by atoms with Crippen molar-refractivity contribution >= 4 is 27.5 Å². The number of halogens is 1. The van der Waals surface area contributed by atoms with Gasteiger partial charge in [0, 0.05) is 48.7 Å². The maximum Gasteiger partial charge on any atom is 0.248 e. The molecule has 1 unspecified atom stereocenters. The van der Waals surface area contributed by atoms with Gasteiger partial charge in [-0.2, -0.15) is 4.31 Å². The number of hydrogen-bond acceptors (Lipinski definition) is 6. The zero-order valence-electron chi connectivity index (χ0n) is 19.9. The van der Waals surface area contributed by atoms with Crippen LogP contribution in [0.1, 0.15) is 43.2 Å². The lowest BCUT2D eigenvalue weighted by Crippen LogP contribution is -2.48. The van der Waals surface area contributed by atoms with Gasteiger partial charge in [-0.3, -0.25) is 9.78 Å². The van der Waals surface area contributed by atoms with E-state index in [9.17, 15) is 18.3 Å². The molecule has 2 fully saturated rings. The van der Waals surface area contributed by atoms with E-state index in [-0.39, 0.29) is 30.1 Å². The Kier molecular flexibility index (Phi) is 8.12. The molecule has 2 aliphatic heterocycles. The number of likely N-dealkylation sites (tertiary alicyclic amines) is 1. The average molecular weight is 522 g/mol. The minimum Gasteiger partial charge on any atom is -0.385 e. The van der Waals surface area contributed by atoms with Crippen molar-refractivity contribution in [1.82, 2.24) is 14.2 Å². The third kappa shape index (κ3) is 5.86. The molecule has 0 bridgehead atoms. The van der Waals surface area contributed by atoms with E-state index in [2.05, 4.69) is 4.98 Å². The largest absolute Gasteiger partial charge is 0.385 e. The van der Waals surface area contributed by atoms with Gasteiger partial charge in [0.1, 0.15) is 6.61 Å². The molecule has 0 spiro atoms. The Balaban J connectivity index is 1.31. The van der Waals surface area contributed by atoms with Gasteiger partial charge < -0.3 is 14.7 Å². The Morgan fingerprint density at radius 2 is 2.00 bits per heavy atom. The molecule has 1 aromatic carbocycles. The number of ether oxygens (including phenoxy) is 1. The Morgan fingerprint density at radius 1 is 1.23 bits per heavy atom. The number of aliphatic hydroxyl groups is 1. The average Bonchev–Trinajstić information content (AvgIpc) is 2.87. The van der Waals surface area contributed by atoms with Gasteiger partial charge in [0.05, 0.1) is 17.1 Å². The minimum absolute atomic E-state index is 0.119. The van der Waals surface area contributed by atoms with Crippen LogP contribution < -0.4 is 0 Å². The standard InChI is InChI=1S/C25H32ClN3O5S/c1-19-7-8-22(15-23(19)26)35(32,33)29-12-3-2-6-21(29)17-34-18-24(30)28-13-9-25(31,10-14-28)20-5-4-11-27-16-20/h4-5,7-8,11,15-16,21,31H,2-3,6,9-10,12-14,17-18H2,1H3. The molecule has 1 N–H and O–H groups in total. The van der Waals surface area contributed by atoms with Gasteiger partial charge in [-0.25, -0.2) is 8.42 Å². The third-order valence-corrected chi connectivity index (χ3v) is 9.36. The van der Waals surface area contributed by atoms with Crippen LogP contribution in [0, 0.1) is 6.92 Å². The number of piperidine rings is 2. The van der Waals surface area contributed by atoms with Gasteiger partial charge in [-0.15, -0.1) is 0 Å². The summed E-state index contributed by atoms with van der Waals surface area (Å²) >= 11 is 6.17. The number of amides is 1. The first-order chi connectivity index (χ1) is 16.7. The molecule has 3 heterocycles. The summed E-state index contributed by atoms with van der Waals surface area (Å²) in [5.41, 5.74) is 0.595. The molecule has 0 radical (unpaired) electrons. The van der Waals surface area contributed by atoms with E-state index in [0.29, 0.717) is 43.9 Å². The molecule has 1 atom stereocenters. The maximum atomic E-state index is 13.3. The molecule has 8 nitrogen and oxygen atoms in total. The predicted octanol–water partition coefficient (Wildman–Crippen LogP) is 3.11. The van der Waals surface area contributed by atoms with Crippen molar-refractivity contribution < 1.29 is 23.1 Å². The summed E-state index contributed by atoms with van der Waals surface area (Å²) in [5, 5.41) is 11.4. The summed E-state index contributed by atoms with van der Waals surface area (Å²) in [5.74, 6) is -0.159. The van der Waals surface area contributed by atoms with Crippen LogP contribution >= 0.6 is 11.6 Å². The van der Waals surface area contributed by atoms with E-state index in [0.717, 1.165) is 24.0 Å². The Labute approximate surface area is 211 Å². The topological polar surface area (TPSA) is 100 Å². The van der Waals surface area contributed by atoms with Crippen LogP contribution in [0.4, 0.5) is 0 Å². The first kappa shape index (κ1) is 26.0. The molecule has 10 heteroatoms. The highest BCUT2D eigenvalue weighted by molar-refractivity contribution is 7.89. The number of rotatable bonds is 7. The number of aryl methyl sites for hydroxylation is 1. The van der Waals surface area contributed by atoms with Crippen LogP contribution in [0.15, 0.2) is 47.6 Å². The first-order valence-corrected chi connectivity index (χ1v) is 13.8. The summed E-state index contributed by atoms with van der Waals surface area (Å²) in [6.45, 7) is 3.12. The fourth-order valence-corrected chi connectivity index (χ4v) is 6.70. The van der Waals surface area contributed by atoms with Crippen LogP contribution in [-0.4, -0.2) is 72.5 Å². The monoisotopic (exact) mass is 521 g/mol. The van der Waals surface area contributed by atoms with Crippen molar-refractivity contribution in [1.29, 1.82) is 0 Å². The van der Waals surface area contributed by atoms with Crippen molar-refractivity contribution in [2.45, 2.75) is 55.6 Å². The molecular formula is C25H32ClN3O5S. The van der Waals surface area contributed by atoms with Crippen LogP contribution in [0.5, 0.6) is 0 Å². The molecule has 1 aromatic heterocycles. The van der Waals surface area contributed by atoms with Crippen LogP contribution in [0.25, 0.3) is 0 Å². The smallest absolute Gasteiger partial charge is 0.248 e. The number of nitrogens with zero attached hydrogens (tertiary/aromatic N) is 3. The van der Waals surface area contributed by atoms with Crippen LogP contribution in [0.2, 0.25) is 5.02 Å². The number of pyridine rings is 1. The number of carbonyl (C=O) groups is 1. The highest BCUT2D eigenvalue weighted by atomic mass is 35.5. The minimum atomic E-state index is -3.72. The number of carbonyl (C=O) groups excluding carboxylic acids is 1. The first-order valence-electron chi connectivity index (χ1n) is 12.0. The van der Waals surface area contributed by atoms with E-state index in [1.807, 2.05) is 13.0 Å². The summed E-state index contributed by atoms with van der Waals surface area (Å²) in [6.07, 6.45) is 6.54. The molecule has 190 valence electrons. The van der Waals surface area contributed by atoms with Gasteiger partial charge >= 0.3 is 0 Å². The highest BCUT2D eigenvalue weighted by Crippen LogP contribution is 2.32. The molecule has 2 saturated heterocycles. The van der Waals surface area contributed by atoms with Crippen LogP contribution in [0.3, 0.4) is 0 Å². The fraction of sp³-hybridized carbons (Fsp3) is 0.520. The Morgan fingerprint density at radius 3 is 2.69 bits per heavy atom. The lowest BCUT2D eigenvalue weighted by molar-refractivity contribution is -0.141. The van der Waals surface area contributed by atoms with Crippen LogP contribution in [-0.2, 0) is 25.2 Å². The maximum absolute atomic E-state index is 13.3. The SMILES string of the molecule is Cc1ccc(S(=O)(=O)N2CCCCC2COCC(=O)N2CCC(O)(c3cccnc3)CC2)cc1Cl. The van der Waals surface area contributed by atoms with E-state index < -0.39 is 15.6 Å². The van der Waals surface area contributed by atoms with Crippen molar-refractivity contribution in [3.8, 4) is 0 Å². The quantitative estimate of drug-likeness (QED) is 0.601. The van der Waals surface area contributed by atoms with Crippen molar-refractivity contribution in [3.05, 3.63) is 58.9 Å². The summed E-state index contributed by atoms with van der Waals surface area (Å²) in [7, 11) is -3.72. The van der Waals surface area contributed by atoms with Crippen molar-refractivity contribution in [2.24, 2.45) is 0 Å². The third-order valence-electron chi connectivity index (χ3n) is 7.00. The fourth-order valence-electron chi connectivity index (χ4n) is 4.75. The molecular weight excluding hydrogens is 490 g/mol. The Hall–Kier alpha value is -2.04. The van der Waals surface area contributed by atoms with E-state index in [1.54, 1.807) is 35.5 Å². The Bertz CT molecular complexity index is 1140. The zero-order chi connectivity index (χ0) is 25.1. The zero-order valence-corrected chi connectivity index (χ0v) is 21.5. The second kappa shape index (κ2) is 10.9. The molecule has 2 aliphatic rings. The number of sulfonamides is 1. The van der Waals surface area contributed by atoms with Gasteiger partial charge in [-0.1, -0.05) is 30.2 Å². The van der Waals surface area contributed by atoms with E-state index in [4.69, 9.17) is 16.3 Å². The molecule has 35 heavy (non-hydrogen) atoms. The second-order valence-corrected chi connectivity index (χ2v) is 11.6. The van der Waals surface area contributed by atoms with Crippen molar-refractivity contribution in [3.63, 3.8) is 0 Å². The molecule has 0 aliphatic carbocycles. The lowest BCUT2D eigenvalue weighted by Gasteiger charge is -2.38. The second-order valence-electron chi connectivity index (χ2n) is 9.35. The summed E-state index contributed by atoms with van der Waals surface area (Å²) in [6, 6.07) is 8.08. The van der Waals surface area contributed by atoms with Gasteiger partial charge in [-0.05, 0) is 56.4 Å². The molecule has 1 amide bonds. The number of aromatic nitrogens is 1. The molecule has 2 aromatic rings. The summed E-state index contributed by atoms with van der Waals surface area (Å²) < 4.78 is 33.8. The van der Waals surface area contributed by atoms with Gasteiger partial charge in [0.25, 0.3) is 0 Å².